The topological polar surface area (TPSA) is 72.6 Å². The molecule has 1 aliphatic heterocycles. The summed E-state index contributed by atoms with van der Waals surface area (Å²) in [4.78, 5) is 25.2. The van der Waals surface area contributed by atoms with E-state index in [0.717, 1.165) is 38.3 Å². The number of ether oxygens (including phenoxy) is 1. The van der Waals surface area contributed by atoms with Gasteiger partial charge in [0.15, 0.2) is 11.9 Å². The molecule has 2 N–H and O–H groups in total. The van der Waals surface area contributed by atoms with E-state index in [2.05, 4.69) is 27.8 Å². The quantitative estimate of drug-likeness (QED) is 0.174. The molecule has 0 radical (unpaired) electrons. The van der Waals surface area contributed by atoms with Gasteiger partial charge in [0.05, 0.1) is 6.54 Å². The fraction of sp³-hybridized carbons (Fsp3) is 0.419. The summed E-state index contributed by atoms with van der Waals surface area (Å²) in [6.07, 6.45) is 5.84. The molecule has 1 aliphatic rings. The molecule has 0 spiro atoms. The van der Waals surface area contributed by atoms with Gasteiger partial charge in [0.1, 0.15) is 17.5 Å². The summed E-state index contributed by atoms with van der Waals surface area (Å²) in [6.45, 7) is 7.81. The van der Waals surface area contributed by atoms with E-state index < -0.39 is 23.8 Å². The fourth-order valence-electron chi connectivity index (χ4n) is 4.26. The second kappa shape index (κ2) is 19.2. The molecule has 220 valence electrons. The molecule has 5 nitrogen and oxygen atoms in total. The number of carbonyl (C=O) groups is 2. The standard InChI is InChI=1S/C16H26FNO.C14H11F2NO2.CH3Br/c1-4-6-7-15(13(3)17)16(19)12-18-10-8-14(5-2)9-11-18;15-11-5-1-3-9(7-11)13(19-14(17)18)10-4-2-6-12(16)8-10;1-2/h6-7,14H,4-5,8-12H2,1-3H3;1-8,13H,(H2,17,18);1H3/b7-6-,15-13-;;. The summed E-state index contributed by atoms with van der Waals surface area (Å²) in [5.41, 5.74) is 5.99. The van der Waals surface area contributed by atoms with Gasteiger partial charge >= 0.3 is 6.09 Å². The Hall–Kier alpha value is -2.91. The van der Waals surface area contributed by atoms with Gasteiger partial charge in [0.2, 0.25) is 0 Å². The van der Waals surface area contributed by atoms with Crippen molar-refractivity contribution >= 4 is 27.8 Å². The average Bonchev–Trinajstić information content (AvgIpc) is 2.93. The average molecular weight is 626 g/mol. The molecule has 0 aliphatic carbocycles. The summed E-state index contributed by atoms with van der Waals surface area (Å²) >= 11 is 2.94. The van der Waals surface area contributed by atoms with Crippen LogP contribution in [0.5, 0.6) is 0 Å². The van der Waals surface area contributed by atoms with E-state index in [0.29, 0.717) is 17.7 Å². The van der Waals surface area contributed by atoms with Crippen molar-refractivity contribution in [2.24, 2.45) is 11.7 Å². The third-order valence-corrected chi connectivity index (χ3v) is 6.38. The predicted molar refractivity (Wildman–Crippen MR) is 158 cm³/mol. The fourth-order valence-corrected chi connectivity index (χ4v) is 4.26. The Morgan fingerprint density at radius 2 is 1.57 bits per heavy atom. The van der Waals surface area contributed by atoms with E-state index in [1.54, 1.807) is 18.2 Å². The molecule has 1 amide bonds. The summed E-state index contributed by atoms with van der Waals surface area (Å²) in [5.74, 6) is 1.17. The zero-order chi connectivity index (χ0) is 30.1. The highest BCUT2D eigenvalue weighted by Crippen LogP contribution is 2.27. The number of Topliss-reactive ketones (excluding diaryl/α,β-unsaturated/α-hetero) is 1. The van der Waals surface area contributed by atoms with Gasteiger partial charge in [-0.1, -0.05) is 72.6 Å². The molecule has 1 heterocycles. The number of benzene rings is 2. The van der Waals surface area contributed by atoms with Crippen LogP contribution in [0.1, 0.15) is 63.7 Å². The van der Waals surface area contributed by atoms with Crippen molar-refractivity contribution in [1.82, 2.24) is 4.90 Å². The van der Waals surface area contributed by atoms with Crippen LogP contribution < -0.4 is 5.73 Å². The Kier molecular flexibility index (Phi) is 16.9. The molecular weight excluding hydrogens is 585 g/mol. The number of piperidine rings is 1. The van der Waals surface area contributed by atoms with Crippen molar-refractivity contribution in [3.63, 3.8) is 0 Å². The van der Waals surface area contributed by atoms with Crippen LogP contribution in [0.4, 0.5) is 18.0 Å². The first kappa shape index (κ1) is 35.1. The molecule has 0 aromatic heterocycles. The zero-order valence-corrected chi connectivity index (χ0v) is 25.2. The minimum atomic E-state index is -1.02. The van der Waals surface area contributed by atoms with Gasteiger partial charge in [-0.2, -0.15) is 0 Å². The number of allylic oxidation sites excluding steroid dienone is 3. The van der Waals surface area contributed by atoms with Crippen molar-refractivity contribution in [1.29, 1.82) is 0 Å². The smallest absolute Gasteiger partial charge is 0.405 e. The number of likely N-dealkylation sites (tertiary alicyclic amines) is 1. The Bertz CT molecular complexity index is 1080. The molecule has 2 aromatic carbocycles. The molecule has 0 atom stereocenters. The molecule has 2 aromatic rings. The van der Waals surface area contributed by atoms with Gasteiger partial charge in [0, 0.05) is 5.57 Å². The first-order valence-electron chi connectivity index (χ1n) is 13.3. The third kappa shape index (κ3) is 12.5. The van der Waals surface area contributed by atoms with Crippen molar-refractivity contribution in [2.75, 3.05) is 25.5 Å². The van der Waals surface area contributed by atoms with Gasteiger partial charge in [-0.3, -0.25) is 9.69 Å². The van der Waals surface area contributed by atoms with Crippen molar-refractivity contribution in [2.45, 2.75) is 52.6 Å². The molecule has 1 saturated heterocycles. The number of nitrogens with zero attached hydrogens (tertiary/aromatic N) is 1. The second-order valence-corrected chi connectivity index (χ2v) is 9.24. The minimum absolute atomic E-state index is 0.0975. The lowest BCUT2D eigenvalue weighted by Crippen LogP contribution is -2.37. The summed E-state index contributed by atoms with van der Waals surface area (Å²) in [7, 11) is 0. The highest BCUT2D eigenvalue weighted by atomic mass is 79.9. The first-order valence-corrected chi connectivity index (χ1v) is 14.9. The van der Waals surface area contributed by atoms with Gasteiger partial charge in [-0.05, 0) is 86.4 Å². The molecular formula is C31H40BrF3N2O3. The molecule has 0 unspecified atom stereocenters. The number of primary amides is 1. The van der Waals surface area contributed by atoms with Crippen LogP contribution in [-0.4, -0.2) is 42.2 Å². The van der Waals surface area contributed by atoms with E-state index >= 15 is 0 Å². The Labute approximate surface area is 244 Å². The summed E-state index contributed by atoms with van der Waals surface area (Å²) in [5, 5.41) is 0. The largest absolute Gasteiger partial charge is 0.437 e. The number of halogens is 4. The van der Waals surface area contributed by atoms with Crippen LogP contribution in [0.3, 0.4) is 0 Å². The van der Waals surface area contributed by atoms with Crippen LogP contribution in [0.15, 0.2) is 72.1 Å². The van der Waals surface area contributed by atoms with E-state index in [1.807, 2.05) is 18.8 Å². The lowest BCUT2D eigenvalue weighted by molar-refractivity contribution is -0.116. The predicted octanol–water partition coefficient (Wildman–Crippen LogP) is 8.05. The van der Waals surface area contributed by atoms with Crippen LogP contribution in [0.2, 0.25) is 0 Å². The third-order valence-electron chi connectivity index (χ3n) is 6.38. The summed E-state index contributed by atoms with van der Waals surface area (Å²) < 4.78 is 44.8. The monoisotopic (exact) mass is 624 g/mol. The highest BCUT2D eigenvalue weighted by Gasteiger charge is 2.21. The van der Waals surface area contributed by atoms with Crippen LogP contribution in [-0.2, 0) is 9.53 Å². The number of carbonyl (C=O) groups excluding carboxylic acids is 2. The number of nitrogens with two attached hydrogens (primary N) is 1. The van der Waals surface area contributed by atoms with Gasteiger partial charge in [0.25, 0.3) is 0 Å². The van der Waals surface area contributed by atoms with Crippen LogP contribution >= 0.6 is 15.9 Å². The molecule has 1 fully saturated rings. The number of ketones is 1. The SMILES string of the molecule is CBr.CC/C=C\C(C(=O)CN1CCC(CC)CC1)=C(/C)F.NC(=O)OC(c1cccc(F)c1)c1cccc(F)c1. The van der Waals surface area contributed by atoms with Crippen molar-refractivity contribution in [3.05, 3.63) is 94.8 Å². The lowest BCUT2D eigenvalue weighted by Gasteiger charge is -2.30. The second-order valence-electron chi connectivity index (χ2n) is 9.24. The number of hydrogen-bond acceptors (Lipinski definition) is 4. The van der Waals surface area contributed by atoms with Crippen molar-refractivity contribution < 1.29 is 27.5 Å². The number of alkyl halides is 1. The molecule has 0 bridgehead atoms. The Morgan fingerprint density at radius 3 is 1.98 bits per heavy atom. The Morgan fingerprint density at radius 1 is 1.05 bits per heavy atom. The molecule has 9 heteroatoms. The maximum Gasteiger partial charge on any atom is 0.405 e. The van der Waals surface area contributed by atoms with Crippen LogP contribution in [0.25, 0.3) is 0 Å². The normalized spacial score (nSPS) is 14.5. The van der Waals surface area contributed by atoms with E-state index in [9.17, 15) is 22.8 Å². The molecule has 3 rings (SSSR count). The maximum absolute atomic E-state index is 13.4. The number of hydrogen-bond donors (Lipinski definition) is 1. The van der Waals surface area contributed by atoms with Crippen LogP contribution in [0, 0.1) is 17.6 Å². The first-order chi connectivity index (χ1) is 19.1. The van der Waals surface area contributed by atoms with Crippen molar-refractivity contribution in [3.8, 4) is 0 Å². The van der Waals surface area contributed by atoms with Gasteiger partial charge in [-0.15, -0.1) is 0 Å². The maximum atomic E-state index is 13.4. The summed E-state index contributed by atoms with van der Waals surface area (Å²) in [6, 6.07) is 11.0. The zero-order valence-electron chi connectivity index (χ0n) is 23.6. The minimum Gasteiger partial charge on any atom is -0.437 e. The van der Waals surface area contributed by atoms with Gasteiger partial charge in [-0.25, -0.2) is 18.0 Å². The highest BCUT2D eigenvalue weighted by molar-refractivity contribution is 9.08. The van der Waals surface area contributed by atoms with Gasteiger partial charge < -0.3 is 10.5 Å². The van der Waals surface area contributed by atoms with E-state index in [4.69, 9.17) is 10.5 Å². The van der Waals surface area contributed by atoms with E-state index in [-0.39, 0.29) is 17.2 Å². The molecule has 0 saturated carbocycles. The number of rotatable bonds is 9. The lowest BCUT2D eigenvalue weighted by atomic mass is 9.94. The Balaban J connectivity index is 0.000000377. The molecule has 40 heavy (non-hydrogen) atoms. The number of amides is 1. The van der Waals surface area contributed by atoms with E-state index in [1.165, 1.54) is 49.7 Å².